The first-order valence-electron chi connectivity index (χ1n) is 14.4. The molecule has 1 aliphatic carbocycles. The summed E-state index contributed by atoms with van der Waals surface area (Å²) in [6.45, 7) is 3.48. The van der Waals surface area contributed by atoms with E-state index in [2.05, 4.69) is 5.32 Å². The SMILES string of the molecule is C[C@@H]1NC(=O)[C@@H]2CCCN2C(=O)CCCN(C(=O)c2cccc3c2CCC3=O)CCn2nc(-c3ccccc3)nc21. The monoisotopic (exact) mass is 554 g/mol. The summed E-state index contributed by atoms with van der Waals surface area (Å²) in [5.74, 6) is 0.797. The van der Waals surface area contributed by atoms with Crippen LogP contribution in [0.25, 0.3) is 11.4 Å². The van der Waals surface area contributed by atoms with E-state index in [1.165, 1.54) is 0 Å². The fourth-order valence-corrected chi connectivity index (χ4v) is 6.22. The van der Waals surface area contributed by atoms with Gasteiger partial charge in [-0.25, -0.2) is 9.67 Å². The van der Waals surface area contributed by atoms with Gasteiger partial charge in [-0.15, -0.1) is 0 Å². The molecule has 0 radical (unpaired) electrons. The Morgan fingerprint density at radius 2 is 1.73 bits per heavy atom. The molecule has 41 heavy (non-hydrogen) atoms. The third-order valence-corrected chi connectivity index (χ3v) is 8.35. The average Bonchev–Trinajstić information content (AvgIpc) is 3.73. The lowest BCUT2D eigenvalue weighted by Crippen LogP contribution is -2.47. The van der Waals surface area contributed by atoms with E-state index in [0.717, 1.165) is 17.5 Å². The minimum atomic E-state index is -0.514. The topological polar surface area (TPSA) is 118 Å². The first-order chi connectivity index (χ1) is 19.9. The summed E-state index contributed by atoms with van der Waals surface area (Å²) in [7, 11) is 0. The smallest absolute Gasteiger partial charge is 0.254 e. The first-order valence-corrected chi connectivity index (χ1v) is 14.4. The molecule has 1 N–H and O–H groups in total. The highest BCUT2D eigenvalue weighted by Gasteiger charge is 2.35. The van der Waals surface area contributed by atoms with E-state index in [4.69, 9.17) is 10.1 Å². The second-order valence-electron chi connectivity index (χ2n) is 11.0. The summed E-state index contributed by atoms with van der Waals surface area (Å²) >= 11 is 0. The van der Waals surface area contributed by atoms with Gasteiger partial charge < -0.3 is 15.1 Å². The van der Waals surface area contributed by atoms with Gasteiger partial charge in [-0.3, -0.25) is 19.2 Å². The summed E-state index contributed by atoms with van der Waals surface area (Å²) in [6, 6.07) is 14.0. The second-order valence-corrected chi connectivity index (χ2v) is 11.0. The quantitative estimate of drug-likeness (QED) is 0.520. The highest BCUT2D eigenvalue weighted by molar-refractivity contribution is 6.05. The largest absolute Gasteiger partial charge is 0.345 e. The van der Waals surface area contributed by atoms with Gasteiger partial charge in [0.1, 0.15) is 11.9 Å². The molecule has 3 aromatic rings. The Kier molecular flexibility index (Phi) is 7.38. The van der Waals surface area contributed by atoms with Gasteiger partial charge in [0.2, 0.25) is 11.8 Å². The van der Waals surface area contributed by atoms with Crippen LogP contribution in [-0.4, -0.2) is 73.7 Å². The molecule has 1 fully saturated rings. The van der Waals surface area contributed by atoms with Crippen molar-refractivity contribution in [2.24, 2.45) is 0 Å². The van der Waals surface area contributed by atoms with Crippen molar-refractivity contribution in [3.05, 3.63) is 71.0 Å². The summed E-state index contributed by atoms with van der Waals surface area (Å²) in [4.78, 5) is 61.0. The molecule has 6 rings (SSSR count). The molecule has 0 bridgehead atoms. The van der Waals surface area contributed by atoms with E-state index < -0.39 is 12.1 Å². The number of fused-ring (bicyclic) bond motifs is 3. The Morgan fingerprint density at radius 3 is 2.56 bits per heavy atom. The van der Waals surface area contributed by atoms with Crippen molar-refractivity contribution < 1.29 is 19.2 Å². The predicted octanol–water partition coefficient (Wildman–Crippen LogP) is 3.18. The zero-order valence-electron chi connectivity index (χ0n) is 23.2. The minimum Gasteiger partial charge on any atom is -0.345 e. The third-order valence-electron chi connectivity index (χ3n) is 8.35. The number of Topliss-reactive ketones (excluding diaryl/α,β-unsaturated/α-hetero) is 1. The van der Waals surface area contributed by atoms with Crippen LogP contribution in [0, 0.1) is 0 Å². The first kappa shape index (κ1) is 26.9. The third kappa shape index (κ3) is 5.26. The van der Waals surface area contributed by atoms with E-state index in [-0.39, 0.29) is 29.9 Å². The van der Waals surface area contributed by atoms with Gasteiger partial charge in [0.15, 0.2) is 11.6 Å². The Bertz CT molecular complexity index is 1500. The van der Waals surface area contributed by atoms with Gasteiger partial charge in [0.25, 0.3) is 5.91 Å². The van der Waals surface area contributed by atoms with Gasteiger partial charge in [-0.1, -0.05) is 42.5 Å². The molecule has 1 saturated heterocycles. The van der Waals surface area contributed by atoms with E-state index in [1.54, 1.807) is 32.7 Å². The summed E-state index contributed by atoms with van der Waals surface area (Å²) in [5.41, 5.74) is 2.84. The number of hydrogen-bond acceptors (Lipinski definition) is 6. The zero-order chi connectivity index (χ0) is 28.5. The molecule has 0 unspecified atom stereocenters. The number of benzene rings is 2. The van der Waals surface area contributed by atoms with E-state index >= 15 is 0 Å². The van der Waals surface area contributed by atoms with Gasteiger partial charge in [0, 0.05) is 49.2 Å². The lowest BCUT2D eigenvalue weighted by Gasteiger charge is -2.28. The lowest BCUT2D eigenvalue weighted by molar-refractivity contribution is -0.138. The highest BCUT2D eigenvalue weighted by atomic mass is 16.2. The molecule has 3 amide bonds. The van der Waals surface area contributed by atoms with E-state index in [9.17, 15) is 19.2 Å². The maximum absolute atomic E-state index is 13.9. The molecule has 10 nitrogen and oxygen atoms in total. The van der Waals surface area contributed by atoms with Crippen LogP contribution in [0.15, 0.2) is 48.5 Å². The number of nitrogens with zero attached hydrogens (tertiary/aromatic N) is 5. The summed E-state index contributed by atoms with van der Waals surface area (Å²) < 4.78 is 1.77. The Balaban J connectivity index is 1.35. The molecule has 3 heterocycles. The fraction of sp³-hybridized carbons (Fsp3) is 0.419. The Hall–Kier alpha value is -4.34. The molecule has 0 saturated carbocycles. The summed E-state index contributed by atoms with van der Waals surface area (Å²) in [5, 5.41) is 7.86. The van der Waals surface area contributed by atoms with Crippen LogP contribution >= 0.6 is 0 Å². The second kappa shape index (κ2) is 11.3. The predicted molar refractivity (Wildman–Crippen MR) is 151 cm³/mol. The number of amides is 3. The van der Waals surface area contributed by atoms with Crippen molar-refractivity contribution in [1.82, 2.24) is 29.9 Å². The number of aromatic nitrogens is 3. The molecule has 0 spiro atoms. The van der Waals surface area contributed by atoms with Crippen LogP contribution < -0.4 is 5.32 Å². The van der Waals surface area contributed by atoms with Gasteiger partial charge in [-0.2, -0.15) is 5.10 Å². The molecule has 212 valence electrons. The van der Waals surface area contributed by atoms with Crippen LogP contribution in [0.1, 0.15) is 77.2 Å². The number of hydrogen-bond donors (Lipinski definition) is 1. The van der Waals surface area contributed by atoms with Crippen LogP contribution in [0.3, 0.4) is 0 Å². The number of rotatable bonds is 2. The highest BCUT2D eigenvalue weighted by Crippen LogP contribution is 2.27. The van der Waals surface area contributed by atoms with Gasteiger partial charge >= 0.3 is 0 Å². The van der Waals surface area contributed by atoms with Crippen molar-refractivity contribution in [2.75, 3.05) is 19.6 Å². The van der Waals surface area contributed by atoms with Gasteiger partial charge in [-0.05, 0) is 44.2 Å². The lowest BCUT2D eigenvalue weighted by atomic mass is 10.0. The van der Waals surface area contributed by atoms with Gasteiger partial charge in [0.05, 0.1) is 12.6 Å². The van der Waals surface area contributed by atoms with Crippen molar-refractivity contribution in [1.29, 1.82) is 0 Å². The molecule has 10 heteroatoms. The number of nitrogens with one attached hydrogen (secondary N) is 1. The average molecular weight is 555 g/mol. The van der Waals surface area contributed by atoms with Crippen molar-refractivity contribution >= 4 is 23.5 Å². The van der Waals surface area contributed by atoms with Crippen LogP contribution in [0.5, 0.6) is 0 Å². The fourth-order valence-electron chi connectivity index (χ4n) is 6.22. The molecule has 2 aliphatic heterocycles. The molecule has 2 atom stereocenters. The Morgan fingerprint density at radius 1 is 0.902 bits per heavy atom. The Labute approximate surface area is 238 Å². The summed E-state index contributed by atoms with van der Waals surface area (Å²) in [6.07, 6.45) is 3.09. The standard InChI is InChI=1S/C31H34N6O4/c1-20-29-33-28(21-8-3-2-4-9-21)34-37(29)19-18-35(31(41)24-11-5-10-23-22(24)14-15-26(23)38)16-7-13-27(39)36-17-6-12-25(36)30(40)32-20/h2-5,8-11,20,25H,6-7,12-19H2,1H3,(H,32,40)/t20-,25-/m0/s1. The normalized spacial score (nSPS) is 21.6. The van der Waals surface area contributed by atoms with Crippen molar-refractivity contribution in [3.8, 4) is 11.4 Å². The molecule has 3 aliphatic rings. The molecular formula is C31H34N6O4. The molecular weight excluding hydrogens is 520 g/mol. The van der Waals surface area contributed by atoms with Crippen molar-refractivity contribution in [2.45, 2.75) is 64.1 Å². The van der Waals surface area contributed by atoms with Crippen LogP contribution in [0.4, 0.5) is 0 Å². The zero-order valence-corrected chi connectivity index (χ0v) is 23.2. The number of carbonyl (C=O) groups is 4. The minimum absolute atomic E-state index is 0.0677. The van der Waals surface area contributed by atoms with Crippen LogP contribution in [0.2, 0.25) is 0 Å². The van der Waals surface area contributed by atoms with E-state index in [1.807, 2.05) is 37.3 Å². The van der Waals surface area contributed by atoms with E-state index in [0.29, 0.717) is 74.6 Å². The maximum Gasteiger partial charge on any atom is 0.254 e. The maximum atomic E-state index is 13.9. The van der Waals surface area contributed by atoms with Crippen molar-refractivity contribution in [3.63, 3.8) is 0 Å². The molecule has 2 aromatic carbocycles. The number of ketones is 1. The van der Waals surface area contributed by atoms with Crippen LogP contribution in [-0.2, 0) is 22.6 Å². The molecule has 1 aromatic heterocycles. The number of carbonyl (C=O) groups excluding carboxylic acids is 4.